The van der Waals surface area contributed by atoms with Crippen LogP contribution in [0.15, 0.2) is 24.3 Å². The number of nitrogens with zero attached hydrogens (tertiary/aromatic N) is 1. The lowest BCUT2D eigenvalue weighted by Gasteiger charge is -2.29. The van der Waals surface area contributed by atoms with Crippen LogP contribution in [0, 0.1) is 5.92 Å². The molecule has 0 spiro atoms. The predicted molar refractivity (Wildman–Crippen MR) is 97.9 cm³/mol. The molecule has 2 aliphatic rings. The number of benzene rings is 1. The van der Waals surface area contributed by atoms with E-state index in [0.717, 1.165) is 25.7 Å². The zero-order valence-corrected chi connectivity index (χ0v) is 15.2. The first-order chi connectivity index (χ1) is 12.5. The van der Waals surface area contributed by atoms with E-state index in [2.05, 4.69) is 12.2 Å². The minimum absolute atomic E-state index is 0.0662. The molecule has 1 aliphatic carbocycles. The molecular weight excluding hydrogens is 332 g/mol. The summed E-state index contributed by atoms with van der Waals surface area (Å²) in [6.45, 7) is 2.52. The second-order valence-electron chi connectivity index (χ2n) is 7.21. The van der Waals surface area contributed by atoms with Gasteiger partial charge in [-0.05, 0) is 43.4 Å². The Morgan fingerprint density at radius 1 is 1.23 bits per heavy atom. The molecule has 1 aromatic carbocycles. The van der Waals surface area contributed by atoms with Gasteiger partial charge >= 0.3 is 5.97 Å². The van der Waals surface area contributed by atoms with E-state index in [1.54, 1.807) is 29.2 Å². The number of anilines is 1. The summed E-state index contributed by atoms with van der Waals surface area (Å²) in [5.41, 5.74) is 1.04. The molecule has 140 valence electrons. The number of esters is 1. The molecule has 2 amide bonds. The van der Waals surface area contributed by atoms with Crippen molar-refractivity contribution in [3.8, 4) is 0 Å². The molecule has 1 aromatic rings. The van der Waals surface area contributed by atoms with Gasteiger partial charge in [0.05, 0.1) is 5.56 Å². The Hall–Kier alpha value is -2.37. The maximum atomic E-state index is 12.2. The largest absolute Gasteiger partial charge is 0.452 e. The number of carbonyl (C=O) groups is 3. The molecule has 6 heteroatoms. The van der Waals surface area contributed by atoms with Crippen LogP contribution < -0.4 is 10.2 Å². The Kier molecular flexibility index (Phi) is 5.91. The molecule has 0 bridgehead atoms. The van der Waals surface area contributed by atoms with Gasteiger partial charge in [0.25, 0.3) is 5.91 Å². The second-order valence-corrected chi connectivity index (χ2v) is 7.21. The summed E-state index contributed by atoms with van der Waals surface area (Å²) in [5.74, 6) is -0.289. The van der Waals surface area contributed by atoms with E-state index in [0.29, 0.717) is 30.1 Å². The van der Waals surface area contributed by atoms with Crippen molar-refractivity contribution in [1.29, 1.82) is 0 Å². The lowest BCUT2D eigenvalue weighted by Crippen LogP contribution is -2.42. The Bertz CT molecular complexity index is 688. The van der Waals surface area contributed by atoms with Crippen molar-refractivity contribution in [2.75, 3.05) is 18.1 Å². The third kappa shape index (κ3) is 4.42. The third-order valence-electron chi connectivity index (χ3n) is 5.26. The van der Waals surface area contributed by atoms with Crippen LogP contribution >= 0.6 is 0 Å². The third-order valence-corrected chi connectivity index (χ3v) is 5.26. The fraction of sp³-hybridized carbons (Fsp3) is 0.550. The van der Waals surface area contributed by atoms with Crippen LogP contribution in [0.25, 0.3) is 0 Å². The van der Waals surface area contributed by atoms with Crippen molar-refractivity contribution in [3.05, 3.63) is 29.8 Å². The number of ether oxygens (including phenoxy) is 1. The van der Waals surface area contributed by atoms with Gasteiger partial charge in [0, 0.05) is 24.7 Å². The summed E-state index contributed by atoms with van der Waals surface area (Å²) in [7, 11) is 0. The Labute approximate surface area is 153 Å². The number of hydrogen-bond acceptors (Lipinski definition) is 4. The minimum Gasteiger partial charge on any atom is -0.452 e. The SMILES string of the molecule is C[C@@H]1CCCC[C@H]1NC(=O)COC(=O)c1cccc(N2CCCC2=O)c1. The molecule has 0 radical (unpaired) electrons. The molecule has 2 fully saturated rings. The van der Waals surface area contributed by atoms with Crippen LogP contribution in [0.3, 0.4) is 0 Å². The van der Waals surface area contributed by atoms with E-state index in [4.69, 9.17) is 4.74 Å². The molecule has 1 saturated carbocycles. The minimum atomic E-state index is -0.551. The van der Waals surface area contributed by atoms with Crippen LogP contribution in [-0.2, 0) is 14.3 Å². The number of nitrogens with one attached hydrogen (secondary N) is 1. The molecule has 1 aliphatic heterocycles. The molecule has 6 nitrogen and oxygen atoms in total. The second kappa shape index (κ2) is 8.34. The molecule has 3 rings (SSSR count). The zero-order valence-electron chi connectivity index (χ0n) is 15.2. The molecule has 1 N–H and O–H groups in total. The van der Waals surface area contributed by atoms with Gasteiger partial charge < -0.3 is 15.0 Å². The van der Waals surface area contributed by atoms with Crippen molar-refractivity contribution in [3.63, 3.8) is 0 Å². The van der Waals surface area contributed by atoms with Gasteiger partial charge in [-0.15, -0.1) is 0 Å². The maximum Gasteiger partial charge on any atom is 0.338 e. The van der Waals surface area contributed by atoms with E-state index >= 15 is 0 Å². The fourth-order valence-corrected chi connectivity index (χ4v) is 3.72. The molecule has 0 unspecified atom stereocenters. The number of hydrogen-bond donors (Lipinski definition) is 1. The average Bonchev–Trinajstić information content (AvgIpc) is 3.08. The molecule has 0 aromatic heterocycles. The first-order valence-electron chi connectivity index (χ1n) is 9.41. The van der Waals surface area contributed by atoms with Gasteiger partial charge in [-0.1, -0.05) is 25.8 Å². The van der Waals surface area contributed by atoms with Crippen LogP contribution in [0.2, 0.25) is 0 Å². The van der Waals surface area contributed by atoms with Crippen LogP contribution in [0.1, 0.15) is 55.8 Å². The smallest absolute Gasteiger partial charge is 0.338 e. The topological polar surface area (TPSA) is 75.7 Å². The highest BCUT2D eigenvalue weighted by atomic mass is 16.5. The summed E-state index contributed by atoms with van der Waals surface area (Å²) in [6.07, 6.45) is 5.79. The van der Waals surface area contributed by atoms with Crippen LogP contribution in [0.5, 0.6) is 0 Å². The van der Waals surface area contributed by atoms with Gasteiger partial charge in [-0.3, -0.25) is 9.59 Å². The molecular formula is C20H26N2O4. The zero-order chi connectivity index (χ0) is 18.5. The highest BCUT2D eigenvalue weighted by Gasteiger charge is 2.24. The van der Waals surface area contributed by atoms with Crippen molar-refractivity contribution < 1.29 is 19.1 Å². The standard InChI is InChI=1S/C20H26N2O4/c1-14-6-2-3-9-17(14)21-18(23)13-26-20(25)15-7-4-8-16(12-15)22-11-5-10-19(22)24/h4,7-8,12,14,17H,2-3,5-6,9-11,13H2,1H3,(H,21,23)/t14-,17-/m1/s1. The summed E-state index contributed by atoms with van der Waals surface area (Å²) >= 11 is 0. The van der Waals surface area contributed by atoms with Crippen molar-refractivity contribution in [2.24, 2.45) is 5.92 Å². The van der Waals surface area contributed by atoms with Gasteiger partial charge in [0.1, 0.15) is 0 Å². The quantitative estimate of drug-likeness (QED) is 0.821. The number of amides is 2. The van der Waals surface area contributed by atoms with Crippen molar-refractivity contribution in [1.82, 2.24) is 5.32 Å². The highest BCUT2D eigenvalue weighted by Crippen LogP contribution is 2.24. The summed E-state index contributed by atoms with van der Waals surface area (Å²) in [5, 5.41) is 2.97. The lowest BCUT2D eigenvalue weighted by molar-refractivity contribution is -0.125. The van der Waals surface area contributed by atoms with Crippen molar-refractivity contribution >= 4 is 23.5 Å². The summed E-state index contributed by atoms with van der Waals surface area (Å²) < 4.78 is 5.16. The Balaban J connectivity index is 1.53. The Morgan fingerprint density at radius 3 is 2.77 bits per heavy atom. The summed E-state index contributed by atoms with van der Waals surface area (Å²) in [4.78, 5) is 37.8. The van der Waals surface area contributed by atoms with E-state index in [1.165, 1.54) is 6.42 Å². The Morgan fingerprint density at radius 2 is 2.04 bits per heavy atom. The van der Waals surface area contributed by atoms with Crippen LogP contribution in [-0.4, -0.2) is 37.0 Å². The van der Waals surface area contributed by atoms with Gasteiger partial charge in [0.2, 0.25) is 5.91 Å². The molecule has 1 saturated heterocycles. The van der Waals surface area contributed by atoms with E-state index in [1.807, 2.05) is 0 Å². The fourth-order valence-electron chi connectivity index (χ4n) is 3.72. The van der Waals surface area contributed by atoms with Crippen LogP contribution in [0.4, 0.5) is 5.69 Å². The monoisotopic (exact) mass is 358 g/mol. The molecule has 26 heavy (non-hydrogen) atoms. The first kappa shape index (κ1) is 18.4. The lowest BCUT2D eigenvalue weighted by atomic mass is 9.86. The summed E-state index contributed by atoms with van der Waals surface area (Å²) in [6, 6.07) is 6.97. The number of rotatable bonds is 5. The van der Waals surface area contributed by atoms with Gasteiger partial charge in [0.15, 0.2) is 6.61 Å². The molecule has 1 heterocycles. The normalized spacial score (nSPS) is 23.0. The molecule has 2 atom stereocenters. The van der Waals surface area contributed by atoms with E-state index in [9.17, 15) is 14.4 Å². The number of carbonyl (C=O) groups excluding carboxylic acids is 3. The van der Waals surface area contributed by atoms with Crippen molar-refractivity contribution in [2.45, 2.75) is 51.5 Å². The van der Waals surface area contributed by atoms with Gasteiger partial charge in [-0.25, -0.2) is 4.79 Å². The predicted octanol–water partition coefficient (Wildman–Crippen LogP) is 2.67. The van der Waals surface area contributed by atoms with E-state index in [-0.39, 0.29) is 24.5 Å². The average molecular weight is 358 g/mol. The van der Waals surface area contributed by atoms with Gasteiger partial charge in [-0.2, -0.15) is 0 Å². The first-order valence-corrected chi connectivity index (χ1v) is 9.41. The van der Waals surface area contributed by atoms with E-state index < -0.39 is 5.97 Å². The maximum absolute atomic E-state index is 12.2. The highest BCUT2D eigenvalue weighted by molar-refractivity contribution is 5.97.